The lowest BCUT2D eigenvalue weighted by Crippen LogP contribution is -2.46. The van der Waals surface area contributed by atoms with Gasteiger partial charge in [-0.05, 0) is 36.4 Å². The fourth-order valence-electron chi connectivity index (χ4n) is 3.71. The Balaban J connectivity index is 1.69. The minimum absolute atomic E-state index is 0.428. The number of rotatable bonds is 4. The number of benzene rings is 2. The third-order valence-electron chi connectivity index (χ3n) is 4.86. The summed E-state index contributed by atoms with van der Waals surface area (Å²) in [5.41, 5.74) is 2.14. The van der Waals surface area contributed by atoms with Gasteiger partial charge in [0.15, 0.2) is 0 Å². The fourth-order valence-corrected chi connectivity index (χ4v) is 4.05. The van der Waals surface area contributed by atoms with E-state index in [2.05, 4.69) is 14.8 Å². The van der Waals surface area contributed by atoms with E-state index < -0.39 is 6.10 Å². The molecule has 2 N–H and O–H groups in total. The molecular formula is C19H21Cl2N3O. The fraction of sp³-hybridized carbons (Fsp3) is 0.368. The van der Waals surface area contributed by atoms with Gasteiger partial charge in [-0.1, -0.05) is 23.2 Å². The van der Waals surface area contributed by atoms with Gasteiger partial charge < -0.3 is 15.0 Å². The van der Waals surface area contributed by atoms with Crippen molar-refractivity contribution in [3.05, 3.63) is 46.4 Å². The monoisotopic (exact) mass is 377 g/mol. The maximum Gasteiger partial charge on any atom is 0.0845 e. The van der Waals surface area contributed by atoms with Crippen molar-refractivity contribution in [2.24, 2.45) is 0 Å². The lowest BCUT2D eigenvalue weighted by atomic mass is 10.1. The van der Waals surface area contributed by atoms with Crippen LogP contribution in [0.15, 0.2) is 36.4 Å². The van der Waals surface area contributed by atoms with Crippen molar-refractivity contribution in [3.8, 4) is 0 Å². The van der Waals surface area contributed by atoms with Crippen LogP contribution in [0.4, 0.5) is 0 Å². The second kappa shape index (κ2) is 7.14. The highest BCUT2D eigenvalue weighted by Gasteiger charge is 2.18. The number of piperazine rings is 1. The molecule has 0 aliphatic carbocycles. The van der Waals surface area contributed by atoms with E-state index in [9.17, 15) is 5.11 Å². The molecule has 0 amide bonds. The van der Waals surface area contributed by atoms with E-state index >= 15 is 0 Å². The molecule has 1 aliphatic rings. The second-order valence-electron chi connectivity index (χ2n) is 6.64. The number of halogens is 2. The quantitative estimate of drug-likeness (QED) is 0.732. The van der Waals surface area contributed by atoms with Crippen molar-refractivity contribution >= 4 is 45.0 Å². The topological polar surface area (TPSA) is 40.4 Å². The van der Waals surface area contributed by atoms with Crippen LogP contribution in [0.1, 0.15) is 0 Å². The van der Waals surface area contributed by atoms with Crippen LogP contribution >= 0.6 is 23.2 Å². The zero-order valence-electron chi connectivity index (χ0n) is 13.9. The van der Waals surface area contributed by atoms with E-state index in [-0.39, 0.29) is 0 Å². The van der Waals surface area contributed by atoms with Gasteiger partial charge in [0.2, 0.25) is 0 Å². The summed E-state index contributed by atoms with van der Waals surface area (Å²) >= 11 is 12.4. The number of hydrogen-bond acceptors (Lipinski definition) is 3. The Hall–Kier alpha value is -1.30. The Morgan fingerprint density at radius 1 is 0.920 bits per heavy atom. The summed E-state index contributed by atoms with van der Waals surface area (Å²) in [5, 5.41) is 17.5. The molecule has 4 nitrogen and oxygen atoms in total. The van der Waals surface area contributed by atoms with Crippen molar-refractivity contribution in [1.29, 1.82) is 0 Å². The van der Waals surface area contributed by atoms with E-state index in [0.717, 1.165) is 48.0 Å². The van der Waals surface area contributed by atoms with Crippen molar-refractivity contribution in [2.75, 3.05) is 32.7 Å². The molecule has 1 atom stereocenters. The number of nitrogens with one attached hydrogen (secondary N) is 1. The minimum atomic E-state index is -0.428. The number of nitrogens with zero attached hydrogens (tertiary/aromatic N) is 2. The highest BCUT2D eigenvalue weighted by molar-refractivity contribution is 6.33. The standard InChI is InChI=1S/C19H21Cl2N3O/c20-13-1-3-18-16(9-13)17-10-14(21)2-4-19(17)24(18)12-15(25)11-23-7-5-22-6-8-23/h1-4,9-10,15,22,25H,5-8,11-12H2/t15-/m1/s1. The van der Waals surface area contributed by atoms with Gasteiger partial charge in [-0.15, -0.1) is 0 Å². The Morgan fingerprint density at radius 3 is 2.04 bits per heavy atom. The van der Waals surface area contributed by atoms with E-state index in [0.29, 0.717) is 23.1 Å². The number of fused-ring (bicyclic) bond motifs is 3. The van der Waals surface area contributed by atoms with Gasteiger partial charge in [-0.3, -0.25) is 4.90 Å². The van der Waals surface area contributed by atoms with Crippen molar-refractivity contribution in [3.63, 3.8) is 0 Å². The maximum absolute atomic E-state index is 10.7. The summed E-state index contributed by atoms with van der Waals surface area (Å²) in [5.74, 6) is 0. The number of aliphatic hydroxyl groups excluding tert-OH is 1. The van der Waals surface area contributed by atoms with E-state index in [1.54, 1.807) is 0 Å². The summed E-state index contributed by atoms with van der Waals surface area (Å²) in [6, 6.07) is 11.8. The number of aromatic nitrogens is 1. The highest BCUT2D eigenvalue weighted by Crippen LogP contribution is 2.33. The molecule has 1 aromatic heterocycles. The summed E-state index contributed by atoms with van der Waals surface area (Å²) in [7, 11) is 0. The third kappa shape index (κ3) is 3.50. The van der Waals surface area contributed by atoms with Crippen LogP contribution in [-0.2, 0) is 6.54 Å². The Kier molecular flexibility index (Phi) is 4.89. The summed E-state index contributed by atoms with van der Waals surface area (Å²) in [4.78, 5) is 2.31. The number of β-amino-alcohol motifs (C(OH)–C–C–N with tert-alkyl or cyclic N) is 1. The summed E-state index contributed by atoms with van der Waals surface area (Å²) in [6.07, 6.45) is -0.428. The van der Waals surface area contributed by atoms with Crippen molar-refractivity contribution < 1.29 is 5.11 Å². The molecule has 132 valence electrons. The molecule has 1 fully saturated rings. The average molecular weight is 378 g/mol. The molecule has 2 heterocycles. The molecule has 0 unspecified atom stereocenters. The molecule has 0 radical (unpaired) electrons. The van der Waals surface area contributed by atoms with Gasteiger partial charge in [0.05, 0.1) is 12.6 Å². The van der Waals surface area contributed by atoms with Gasteiger partial charge in [-0.25, -0.2) is 0 Å². The molecule has 1 saturated heterocycles. The first kappa shape index (κ1) is 17.1. The normalized spacial score (nSPS) is 17.4. The number of aliphatic hydroxyl groups is 1. The first-order chi connectivity index (χ1) is 12.1. The van der Waals surface area contributed by atoms with Gasteiger partial charge in [0, 0.05) is 64.6 Å². The van der Waals surface area contributed by atoms with Crippen LogP contribution in [0.2, 0.25) is 10.0 Å². The Morgan fingerprint density at radius 2 is 1.48 bits per heavy atom. The summed E-state index contributed by atoms with van der Waals surface area (Å²) < 4.78 is 2.17. The van der Waals surface area contributed by atoms with E-state index in [1.165, 1.54) is 0 Å². The van der Waals surface area contributed by atoms with Gasteiger partial charge in [0.1, 0.15) is 0 Å². The SMILES string of the molecule is O[C@H](CN1CCNCC1)Cn1c2ccc(Cl)cc2c2cc(Cl)ccc21. The molecule has 1 aliphatic heterocycles. The van der Waals surface area contributed by atoms with Crippen LogP contribution in [0.3, 0.4) is 0 Å². The van der Waals surface area contributed by atoms with Crippen molar-refractivity contribution in [1.82, 2.24) is 14.8 Å². The average Bonchev–Trinajstić information content (AvgIpc) is 2.88. The number of hydrogen-bond donors (Lipinski definition) is 2. The minimum Gasteiger partial charge on any atom is -0.390 e. The Bertz CT molecular complexity index is 843. The molecule has 2 aromatic carbocycles. The molecular weight excluding hydrogens is 357 g/mol. The van der Waals surface area contributed by atoms with Gasteiger partial charge >= 0.3 is 0 Å². The first-order valence-electron chi connectivity index (χ1n) is 8.60. The van der Waals surface area contributed by atoms with Gasteiger partial charge in [0.25, 0.3) is 0 Å². The van der Waals surface area contributed by atoms with E-state index in [4.69, 9.17) is 23.2 Å². The molecule has 3 aromatic rings. The lowest BCUT2D eigenvalue weighted by molar-refractivity contribution is 0.0936. The second-order valence-corrected chi connectivity index (χ2v) is 7.51. The smallest absolute Gasteiger partial charge is 0.0845 e. The zero-order chi connectivity index (χ0) is 17.4. The third-order valence-corrected chi connectivity index (χ3v) is 5.33. The zero-order valence-corrected chi connectivity index (χ0v) is 15.4. The van der Waals surface area contributed by atoms with Crippen LogP contribution < -0.4 is 5.32 Å². The van der Waals surface area contributed by atoms with Crippen LogP contribution in [-0.4, -0.2) is 53.4 Å². The maximum atomic E-state index is 10.7. The first-order valence-corrected chi connectivity index (χ1v) is 9.35. The lowest BCUT2D eigenvalue weighted by Gasteiger charge is -2.29. The van der Waals surface area contributed by atoms with Crippen molar-refractivity contribution in [2.45, 2.75) is 12.6 Å². The largest absolute Gasteiger partial charge is 0.390 e. The van der Waals surface area contributed by atoms with Gasteiger partial charge in [-0.2, -0.15) is 0 Å². The molecule has 4 rings (SSSR count). The highest BCUT2D eigenvalue weighted by atomic mass is 35.5. The van der Waals surface area contributed by atoms with Crippen LogP contribution in [0.25, 0.3) is 21.8 Å². The molecule has 0 spiro atoms. The predicted molar refractivity (Wildman–Crippen MR) is 105 cm³/mol. The molecule has 25 heavy (non-hydrogen) atoms. The molecule has 0 saturated carbocycles. The molecule has 6 heteroatoms. The molecule has 0 bridgehead atoms. The Labute approximate surface area is 156 Å². The predicted octanol–water partition coefficient (Wildman–Crippen LogP) is 3.37. The van der Waals surface area contributed by atoms with E-state index in [1.807, 2.05) is 36.4 Å². The summed E-state index contributed by atoms with van der Waals surface area (Å²) in [6.45, 7) is 5.17. The van der Waals surface area contributed by atoms with Crippen LogP contribution in [0, 0.1) is 0 Å². The van der Waals surface area contributed by atoms with Crippen LogP contribution in [0.5, 0.6) is 0 Å².